The molecule has 3 atom stereocenters. The Hall–Kier alpha value is -2.44. The summed E-state index contributed by atoms with van der Waals surface area (Å²) in [5.41, 5.74) is 5.24. The number of hydrogen-bond acceptors (Lipinski definition) is 4. The molecular formula is C21H20N2O3S. The topological polar surface area (TPSA) is 72.2 Å². The molecule has 27 heavy (non-hydrogen) atoms. The molecule has 0 unspecified atom stereocenters. The zero-order valence-corrected chi connectivity index (χ0v) is 15.7. The predicted molar refractivity (Wildman–Crippen MR) is 102 cm³/mol. The first kappa shape index (κ1) is 16.7. The molecule has 6 heteroatoms. The number of aliphatic hydroxyl groups excluding tert-OH is 1. The van der Waals surface area contributed by atoms with Crippen molar-refractivity contribution in [3.63, 3.8) is 0 Å². The number of fused-ring (bicyclic) bond motifs is 4. The van der Waals surface area contributed by atoms with E-state index in [1.165, 1.54) is 17.4 Å². The molecule has 2 aromatic carbocycles. The van der Waals surface area contributed by atoms with E-state index in [0.717, 1.165) is 29.7 Å². The van der Waals surface area contributed by atoms with Crippen LogP contribution in [0.2, 0.25) is 0 Å². The van der Waals surface area contributed by atoms with Gasteiger partial charge >= 0.3 is 0 Å². The SMILES string of the molecule is CS(=O)(=O)c1ccc2c(c1)CC[C@@H]([C@H]1c3ccccc3-c3cncn31)[C@@H]2O. The minimum atomic E-state index is -3.25. The third-order valence-electron chi connectivity index (χ3n) is 5.94. The van der Waals surface area contributed by atoms with Crippen LogP contribution in [0.3, 0.4) is 0 Å². The Balaban J connectivity index is 1.57. The maximum absolute atomic E-state index is 11.8. The van der Waals surface area contributed by atoms with Crippen molar-refractivity contribution in [1.82, 2.24) is 9.55 Å². The van der Waals surface area contributed by atoms with E-state index in [0.29, 0.717) is 4.90 Å². The third-order valence-corrected chi connectivity index (χ3v) is 7.05. The molecule has 0 amide bonds. The summed E-state index contributed by atoms with van der Waals surface area (Å²) in [5, 5.41) is 11.2. The van der Waals surface area contributed by atoms with E-state index < -0.39 is 15.9 Å². The minimum Gasteiger partial charge on any atom is -0.388 e. The summed E-state index contributed by atoms with van der Waals surface area (Å²) in [4.78, 5) is 4.63. The fourth-order valence-corrected chi connectivity index (χ4v) is 5.34. The number of imidazole rings is 1. The monoisotopic (exact) mass is 380 g/mol. The summed E-state index contributed by atoms with van der Waals surface area (Å²) in [5.74, 6) is 0.0122. The Kier molecular flexibility index (Phi) is 3.58. The van der Waals surface area contributed by atoms with Crippen LogP contribution in [0, 0.1) is 5.92 Å². The van der Waals surface area contributed by atoms with Gasteiger partial charge in [-0.05, 0) is 41.7 Å². The number of aromatic nitrogens is 2. The van der Waals surface area contributed by atoms with Gasteiger partial charge in [0.2, 0.25) is 0 Å². The van der Waals surface area contributed by atoms with Gasteiger partial charge in [-0.15, -0.1) is 0 Å². The van der Waals surface area contributed by atoms with Crippen molar-refractivity contribution < 1.29 is 13.5 Å². The Bertz CT molecular complexity index is 1150. The molecule has 2 aliphatic rings. The van der Waals surface area contributed by atoms with Crippen LogP contribution in [0.4, 0.5) is 0 Å². The highest BCUT2D eigenvalue weighted by molar-refractivity contribution is 7.90. The molecule has 0 spiro atoms. The lowest BCUT2D eigenvalue weighted by atomic mass is 9.76. The summed E-state index contributed by atoms with van der Waals surface area (Å²) in [7, 11) is -3.25. The molecular weight excluding hydrogens is 360 g/mol. The summed E-state index contributed by atoms with van der Waals surface area (Å²) < 4.78 is 25.9. The smallest absolute Gasteiger partial charge is 0.175 e. The van der Waals surface area contributed by atoms with E-state index >= 15 is 0 Å². The van der Waals surface area contributed by atoms with E-state index in [-0.39, 0.29) is 12.0 Å². The van der Waals surface area contributed by atoms with Crippen LogP contribution in [-0.2, 0) is 16.3 Å². The van der Waals surface area contributed by atoms with Gasteiger partial charge in [0.25, 0.3) is 0 Å². The van der Waals surface area contributed by atoms with Gasteiger partial charge in [-0.1, -0.05) is 30.3 Å². The van der Waals surface area contributed by atoms with E-state index in [2.05, 4.69) is 21.7 Å². The summed E-state index contributed by atoms with van der Waals surface area (Å²) in [6.45, 7) is 0. The van der Waals surface area contributed by atoms with E-state index in [9.17, 15) is 13.5 Å². The summed E-state index contributed by atoms with van der Waals surface area (Å²) in [6, 6.07) is 13.4. The zero-order chi connectivity index (χ0) is 18.8. The molecule has 1 aliphatic heterocycles. The molecule has 1 aliphatic carbocycles. The van der Waals surface area contributed by atoms with Crippen LogP contribution in [0.25, 0.3) is 11.3 Å². The summed E-state index contributed by atoms with van der Waals surface area (Å²) in [6.07, 6.45) is 5.83. The van der Waals surface area contributed by atoms with Gasteiger partial charge in [-0.3, -0.25) is 0 Å². The molecule has 1 aromatic heterocycles. The fraction of sp³-hybridized carbons (Fsp3) is 0.286. The first-order chi connectivity index (χ1) is 12.9. The number of aryl methyl sites for hydroxylation is 1. The lowest BCUT2D eigenvalue weighted by Gasteiger charge is -2.35. The van der Waals surface area contributed by atoms with Crippen LogP contribution in [0.1, 0.15) is 35.3 Å². The second kappa shape index (κ2) is 5.78. The van der Waals surface area contributed by atoms with Crippen LogP contribution >= 0.6 is 0 Å². The molecule has 0 saturated carbocycles. The molecule has 0 saturated heterocycles. The third kappa shape index (κ3) is 2.47. The highest BCUT2D eigenvalue weighted by Crippen LogP contribution is 2.49. The Morgan fingerprint density at radius 1 is 1.15 bits per heavy atom. The van der Waals surface area contributed by atoms with Crippen molar-refractivity contribution in [2.45, 2.75) is 29.9 Å². The Morgan fingerprint density at radius 3 is 2.78 bits per heavy atom. The van der Waals surface area contributed by atoms with Crippen LogP contribution in [-0.4, -0.2) is 29.3 Å². The van der Waals surface area contributed by atoms with E-state index in [4.69, 9.17) is 0 Å². The van der Waals surface area contributed by atoms with Crippen molar-refractivity contribution in [2.75, 3.05) is 6.26 Å². The van der Waals surface area contributed by atoms with Gasteiger partial charge in [0, 0.05) is 17.7 Å². The number of aliphatic hydroxyl groups is 1. The molecule has 5 rings (SSSR count). The molecule has 0 bridgehead atoms. The standard InChI is InChI=1S/C21H20N2O3S/c1-27(25,26)14-7-9-15-13(10-14)6-8-18(21(15)24)20-17-5-3-2-4-16(17)19-11-22-12-23(19)20/h2-5,7,9-12,18,20-21,24H,6,8H2,1H3/t18-,20+,21+/m0/s1. The number of nitrogens with zero attached hydrogens (tertiary/aromatic N) is 2. The molecule has 0 radical (unpaired) electrons. The molecule has 138 valence electrons. The normalized spacial score (nSPS) is 23.6. The number of benzene rings is 2. The van der Waals surface area contributed by atoms with E-state index in [1.807, 2.05) is 24.7 Å². The van der Waals surface area contributed by atoms with Gasteiger partial charge in [-0.25, -0.2) is 13.4 Å². The Morgan fingerprint density at radius 2 is 1.96 bits per heavy atom. The maximum atomic E-state index is 11.8. The van der Waals surface area contributed by atoms with Crippen LogP contribution in [0.5, 0.6) is 0 Å². The largest absolute Gasteiger partial charge is 0.388 e. The molecule has 3 aromatic rings. The number of hydrogen-bond donors (Lipinski definition) is 1. The lowest BCUT2D eigenvalue weighted by molar-refractivity contribution is 0.0719. The number of rotatable bonds is 2. The quantitative estimate of drug-likeness (QED) is 0.741. The Labute approximate surface area is 158 Å². The van der Waals surface area contributed by atoms with Crippen LogP contribution < -0.4 is 0 Å². The molecule has 0 fully saturated rings. The van der Waals surface area contributed by atoms with Gasteiger partial charge in [0.15, 0.2) is 9.84 Å². The van der Waals surface area contributed by atoms with Gasteiger partial charge in [-0.2, -0.15) is 0 Å². The van der Waals surface area contributed by atoms with Crippen LogP contribution in [0.15, 0.2) is 59.9 Å². The van der Waals surface area contributed by atoms with E-state index in [1.54, 1.807) is 18.2 Å². The number of sulfone groups is 1. The lowest BCUT2D eigenvalue weighted by Crippen LogP contribution is -2.28. The van der Waals surface area contributed by atoms with Gasteiger partial charge in [0.05, 0.1) is 35.3 Å². The van der Waals surface area contributed by atoms with Gasteiger partial charge in [0.1, 0.15) is 0 Å². The molecule has 1 N–H and O–H groups in total. The van der Waals surface area contributed by atoms with Crippen molar-refractivity contribution in [1.29, 1.82) is 0 Å². The van der Waals surface area contributed by atoms with Crippen molar-refractivity contribution in [3.05, 3.63) is 71.7 Å². The fourth-order valence-electron chi connectivity index (χ4n) is 4.67. The van der Waals surface area contributed by atoms with Crippen molar-refractivity contribution >= 4 is 9.84 Å². The first-order valence-corrected chi connectivity index (χ1v) is 11.0. The maximum Gasteiger partial charge on any atom is 0.175 e. The second-order valence-corrected chi connectivity index (χ2v) is 9.51. The molecule has 2 heterocycles. The zero-order valence-electron chi connectivity index (χ0n) is 14.9. The van der Waals surface area contributed by atoms with Crippen molar-refractivity contribution in [3.8, 4) is 11.3 Å². The highest BCUT2D eigenvalue weighted by Gasteiger charge is 2.40. The first-order valence-electron chi connectivity index (χ1n) is 9.07. The highest BCUT2D eigenvalue weighted by atomic mass is 32.2. The average Bonchev–Trinajstić information content (AvgIpc) is 3.22. The predicted octanol–water partition coefficient (Wildman–Crippen LogP) is 3.15. The van der Waals surface area contributed by atoms with Gasteiger partial charge < -0.3 is 9.67 Å². The minimum absolute atomic E-state index is 0.0122. The molecule has 5 nitrogen and oxygen atoms in total. The second-order valence-electron chi connectivity index (χ2n) is 7.50. The average molecular weight is 380 g/mol. The summed E-state index contributed by atoms with van der Waals surface area (Å²) >= 11 is 0. The van der Waals surface area contributed by atoms with Crippen molar-refractivity contribution in [2.24, 2.45) is 5.92 Å².